The fraction of sp³-hybridized carbons (Fsp3) is 0.0714. The summed E-state index contributed by atoms with van der Waals surface area (Å²) < 4.78 is 1.03. The van der Waals surface area contributed by atoms with E-state index in [1.807, 2.05) is 42.5 Å². The predicted molar refractivity (Wildman–Crippen MR) is 84.4 cm³/mol. The van der Waals surface area contributed by atoms with Gasteiger partial charge in [-0.3, -0.25) is 4.79 Å². The predicted octanol–water partition coefficient (Wildman–Crippen LogP) is 3.80. The molecule has 3 nitrogen and oxygen atoms in total. The van der Waals surface area contributed by atoms with E-state index in [4.69, 9.17) is 11.6 Å². The fourth-order valence-electron chi connectivity index (χ4n) is 2.10. The standard InChI is InChI=1S/C14H10ClIN2O/c15-11-4-2-1-3-9(11)13-17-12-6-5-8(16)7-10(12)14(19)18-13/h1-7,13,17H,(H,18,19)/t13-/m0/s1. The molecule has 0 aliphatic carbocycles. The van der Waals surface area contributed by atoms with Crippen LogP contribution in [0, 0.1) is 3.57 Å². The molecule has 0 unspecified atom stereocenters. The van der Waals surface area contributed by atoms with Gasteiger partial charge in [0.1, 0.15) is 6.17 Å². The van der Waals surface area contributed by atoms with Crippen LogP contribution >= 0.6 is 34.2 Å². The van der Waals surface area contributed by atoms with Crippen LogP contribution in [0.5, 0.6) is 0 Å². The van der Waals surface area contributed by atoms with Gasteiger partial charge in [-0.05, 0) is 46.9 Å². The van der Waals surface area contributed by atoms with Gasteiger partial charge in [-0.15, -0.1) is 0 Å². The second-order valence-electron chi connectivity index (χ2n) is 4.26. The van der Waals surface area contributed by atoms with E-state index in [9.17, 15) is 4.79 Å². The number of carbonyl (C=O) groups excluding carboxylic acids is 1. The molecule has 1 aliphatic rings. The van der Waals surface area contributed by atoms with Crippen molar-refractivity contribution in [2.75, 3.05) is 5.32 Å². The highest BCUT2D eigenvalue weighted by Gasteiger charge is 2.25. The zero-order valence-electron chi connectivity index (χ0n) is 9.78. The minimum absolute atomic E-state index is 0.0859. The molecule has 0 saturated heterocycles. The molecule has 5 heteroatoms. The van der Waals surface area contributed by atoms with Gasteiger partial charge in [0.15, 0.2) is 0 Å². The van der Waals surface area contributed by atoms with E-state index in [-0.39, 0.29) is 12.1 Å². The Balaban J connectivity index is 2.00. The summed E-state index contributed by atoms with van der Waals surface area (Å²) in [6.07, 6.45) is -0.297. The Morgan fingerprint density at radius 1 is 1.11 bits per heavy atom. The molecule has 0 spiro atoms. The molecular weight excluding hydrogens is 375 g/mol. The number of carbonyl (C=O) groups is 1. The SMILES string of the molecule is O=C1N[C@@H](c2ccccc2Cl)Nc2ccc(I)cc21. The van der Waals surface area contributed by atoms with Crippen molar-refractivity contribution in [2.24, 2.45) is 0 Å². The van der Waals surface area contributed by atoms with Gasteiger partial charge in [0.25, 0.3) is 5.91 Å². The molecule has 0 bridgehead atoms. The summed E-state index contributed by atoms with van der Waals surface area (Å²) >= 11 is 8.35. The molecule has 0 fully saturated rings. The lowest BCUT2D eigenvalue weighted by Gasteiger charge is -2.28. The van der Waals surface area contributed by atoms with E-state index in [0.717, 1.165) is 14.8 Å². The number of amides is 1. The van der Waals surface area contributed by atoms with Gasteiger partial charge in [-0.2, -0.15) is 0 Å². The monoisotopic (exact) mass is 384 g/mol. The lowest BCUT2D eigenvalue weighted by Crippen LogP contribution is -2.38. The van der Waals surface area contributed by atoms with Crippen LogP contribution in [-0.4, -0.2) is 5.91 Å². The Morgan fingerprint density at radius 2 is 1.89 bits per heavy atom. The molecule has 0 radical (unpaired) electrons. The maximum absolute atomic E-state index is 12.1. The number of hydrogen-bond acceptors (Lipinski definition) is 2. The average Bonchev–Trinajstić information content (AvgIpc) is 2.40. The van der Waals surface area contributed by atoms with Crippen molar-refractivity contribution in [3.8, 4) is 0 Å². The van der Waals surface area contributed by atoms with Gasteiger partial charge < -0.3 is 10.6 Å². The number of anilines is 1. The minimum Gasteiger partial charge on any atom is -0.361 e. The molecule has 2 aromatic carbocycles. The summed E-state index contributed by atoms with van der Waals surface area (Å²) in [6, 6.07) is 13.2. The van der Waals surface area contributed by atoms with Gasteiger partial charge in [0.2, 0.25) is 0 Å². The Labute approximate surface area is 129 Å². The van der Waals surface area contributed by atoms with Crippen molar-refractivity contribution < 1.29 is 4.79 Å². The van der Waals surface area contributed by atoms with Crippen LogP contribution in [0.3, 0.4) is 0 Å². The Kier molecular flexibility index (Phi) is 3.36. The summed E-state index contributed by atoms with van der Waals surface area (Å²) in [7, 11) is 0. The maximum Gasteiger partial charge on any atom is 0.255 e. The normalized spacial score (nSPS) is 17.4. The summed E-state index contributed by atoms with van der Waals surface area (Å²) in [5, 5.41) is 6.84. The first-order chi connectivity index (χ1) is 9.15. The molecule has 1 heterocycles. The number of rotatable bonds is 1. The highest BCUT2D eigenvalue weighted by atomic mass is 127. The molecule has 0 aromatic heterocycles. The summed E-state index contributed by atoms with van der Waals surface area (Å²) in [4.78, 5) is 12.1. The first-order valence-electron chi connectivity index (χ1n) is 5.76. The molecule has 96 valence electrons. The number of benzene rings is 2. The first-order valence-corrected chi connectivity index (χ1v) is 7.22. The van der Waals surface area contributed by atoms with Crippen LogP contribution in [0.15, 0.2) is 42.5 Å². The van der Waals surface area contributed by atoms with Crippen LogP contribution in [-0.2, 0) is 0 Å². The fourth-order valence-corrected chi connectivity index (χ4v) is 2.83. The largest absolute Gasteiger partial charge is 0.361 e. The number of hydrogen-bond donors (Lipinski definition) is 2. The third-order valence-corrected chi connectivity index (χ3v) is 4.03. The van der Waals surface area contributed by atoms with Gasteiger partial charge in [0.05, 0.1) is 5.56 Å². The molecule has 3 rings (SSSR count). The number of halogens is 2. The smallest absolute Gasteiger partial charge is 0.255 e. The molecule has 0 saturated carbocycles. The molecule has 1 amide bonds. The van der Waals surface area contributed by atoms with Gasteiger partial charge in [-0.1, -0.05) is 29.8 Å². The quantitative estimate of drug-likeness (QED) is 0.734. The lowest BCUT2D eigenvalue weighted by atomic mass is 10.1. The summed E-state index contributed by atoms with van der Waals surface area (Å²) in [5.41, 5.74) is 2.35. The van der Waals surface area contributed by atoms with Gasteiger partial charge >= 0.3 is 0 Å². The molecular formula is C14H10ClIN2O. The van der Waals surface area contributed by atoms with E-state index < -0.39 is 0 Å². The summed E-state index contributed by atoms with van der Waals surface area (Å²) in [6.45, 7) is 0. The topological polar surface area (TPSA) is 41.1 Å². The van der Waals surface area contributed by atoms with E-state index >= 15 is 0 Å². The van der Waals surface area contributed by atoms with E-state index in [2.05, 4.69) is 33.2 Å². The molecule has 19 heavy (non-hydrogen) atoms. The van der Waals surface area contributed by atoms with Crippen molar-refractivity contribution in [1.29, 1.82) is 0 Å². The molecule has 1 atom stereocenters. The second-order valence-corrected chi connectivity index (χ2v) is 5.92. The molecule has 2 aromatic rings. The Bertz CT molecular complexity index is 660. The van der Waals surface area contributed by atoms with Gasteiger partial charge in [-0.25, -0.2) is 0 Å². The van der Waals surface area contributed by atoms with Crippen molar-refractivity contribution in [1.82, 2.24) is 5.32 Å². The third-order valence-electron chi connectivity index (χ3n) is 3.02. The lowest BCUT2D eigenvalue weighted by molar-refractivity contribution is 0.0935. The van der Waals surface area contributed by atoms with Crippen molar-refractivity contribution >= 4 is 45.8 Å². The summed E-state index contributed by atoms with van der Waals surface area (Å²) in [5.74, 6) is -0.0859. The highest BCUT2D eigenvalue weighted by Crippen LogP contribution is 2.30. The Hall–Kier alpha value is -1.27. The van der Waals surface area contributed by atoms with Crippen LogP contribution in [0.4, 0.5) is 5.69 Å². The van der Waals surface area contributed by atoms with Crippen LogP contribution in [0.2, 0.25) is 5.02 Å². The average molecular weight is 385 g/mol. The van der Waals surface area contributed by atoms with Gasteiger partial charge in [0, 0.05) is 19.8 Å². The zero-order valence-corrected chi connectivity index (χ0v) is 12.7. The second kappa shape index (κ2) is 5.02. The van der Waals surface area contributed by atoms with Crippen LogP contribution in [0.25, 0.3) is 0 Å². The van der Waals surface area contributed by atoms with Crippen molar-refractivity contribution in [2.45, 2.75) is 6.17 Å². The number of fused-ring (bicyclic) bond motifs is 1. The Morgan fingerprint density at radius 3 is 2.68 bits per heavy atom. The van der Waals surface area contributed by atoms with Crippen LogP contribution < -0.4 is 10.6 Å². The molecule has 2 N–H and O–H groups in total. The zero-order chi connectivity index (χ0) is 13.4. The van der Waals surface area contributed by atoms with Crippen molar-refractivity contribution in [3.63, 3.8) is 0 Å². The minimum atomic E-state index is -0.297. The van der Waals surface area contributed by atoms with E-state index in [1.165, 1.54) is 0 Å². The number of nitrogens with one attached hydrogen (secondary N) is 2. The van der Waals surface area contributed by atoms with E-state index in [0.29, 0.717) is 10.6 Å². The van der Waals surface area contributed by atoms with Crippen LogP contribution in [0.1, 0.15) is 22.1 Å². The van der Waals surface area contributed by atoms with Crippen molar-refractivity contribution in [3.05, 3.63) is 62.2 Å². The highest BCUT2D eigenvalue weighted by molar-refractivity contribution is 14.1. The first kappa shape index (κ1) is 12.7. The maximum atomic E-state index is 12.1. The molecule has 1 aliphatic heterocycles. The van der Waals surface area contributed by atoms with E-state index in [1.54, 1.807) is 0 Å². The third kappa shape index (κ3) is 2.42.